The zero-order chi connectivity index (χ0) is 17.1. The van der Waals surface area contributed by atoms with Crippen molar-refractivity contribution in [2.45, 2.75) is 0 Å². The molecule has 3 aromatic rings. The van der Waals surface area contributed by atoms with Gasteiger partial charge in [0.25, 0.3) is 5.91 Å². The Morgan fingerprint density at radius 2 is 1.96 bits per heavy atom. The first-order valence-electron chi connectivity index (χ1n) is 6.84. The van der Waals surface area contributed by atoms with Gasteiger partial charge in [-0.05, 0) is 23.9 Å². The quantitative estimate of drug-likeness (QED) is 0.312. The molecular formula is C16H12KN4O5-. The molecule has 0 unspecified atom stereocenters. The summed E-state index contributed by atoms with van der Waals surface area (Å²) in [6.07, 6.45) is 4.41. The molecule has 0 bridgehead atoms. The number of anilines is 1. The topological polar surface area (TPSA) is 144 Å². The van der Waals surface area contributed by atoms with Gasteiger partial charge >= 0.3 is 57.4 Å². The minimum Gasteiger partial charge on any atom is -0.870 e. The van der Waals surface area contributed by atoms with Gasteiger partial charge in [0.05, 0.1) is 18.4 Å². The van der Waals surface area contributed by atoms with Gasteiger partial charge in [-0.15, -0.1) is 0 Å². The zero-order valence-corrected chi connectivity index (χ0v) is 17.1. The molecule has 0 fully saturated rings. The average molecular weight is 379 g/mol. The number of ether oxygens (including phenoxy) is 1. The summed E-state index contributed by atoms with van der Waals surface area (Å²) in [5, 5.41) is 2.67. The van der Waals surface area contributed by atoms with E-state index in [1.54, 1.807) is 24.5 Å². The van der Waals surface area contributed by atoms with Gasteiger partial charge in [-0.1, -0.05) is 11.6 Å². The number of hydrogen-bond donors (Lipinski definition) is 2. The van der Waals surface area contributed by atoms with Crippen LogP contribution in [-0.2, 0) is 9.53 Å². The molecule has 2 aromatic heterocycles. The zero-order valence-electron chi connectivity index (χ0n) is 13.9. The Labute approximate surface area is 190 Å². The molecule has 0 aliphatic carbocycles. The third-order valence-corrected chi connectivity index (χ3v) is 3.35. The molecular weight excluding hydrogens is 367 g/mol. The van der Waals surface area contributed by atoms with Gasteiger partial charge in [0.15, 0.2) is 0 Å². The van der Waals surface area contributed by atoms with E-state index in [9.17, 15) is 14.4 Å². The number of hydrogen-bond acceptors (Lipinski definition) is 7. The van der Waals surface area contributed by atoms with Crippen LogP contribution in [0.15, 0.2) is 36.8 Å². The molecule has 10 heteroatoms. The molecule has 0 radical (unpaired) electrons. The monoisotopic (exact) mass is 379 g/mol. The fourth-order valence-electron chi connectivity index (χ4n) is 2.21. The minimum atomic E-state index is -0.532. The smallest absolute Gasteiger partial charge is 0.870 e. The summed E-state index contributed by atoms with van der Waals surface area (Å²) in [6.45, 7) is 0. The second-order valence-corrected chi connectivity index (χ2v) is 4.78. The number of esters is 1. The third-order valence-electron chi connectivity index (χ3n) is 3.35. The first-order chi connectivity index (χ1) is 11.6. The molecule has 0 aliphatic rings. The van der Waals surface area contributed by atoms with Crippen molar-refractivity contribution in [3.05, 3.63) is 53.6 Å². The number of methoxy groups -OCH3 is 1. The summed E-state index contributed by atoms with van der Waals surface area (Å²) in [6, 6.07) is 6.12. The van der Waals surface area contributed by atoms with Crippen molar-refractivity contribution >= 4 is 34.9 Å². The van der Waals surface area contributed by atoms with Crippen molar-refractivity contribution in [1.29, 1.82) is 0 Å². The van der Waals surface area contributed by atoms with Crippen molar-refractivity contribution in [3.63, 3.8) is 0 Å². The van der Waals surface area contributed by atoms with Gasteiger partial charge in [0.1, 0.15) is 6.33 Å². The summed E-state index contributed by atoms with van der Waals surface area (Å²) >= 11 is 0. The van der Waals surface area contributed by atoms with Crippen LogP contribution in [0.4, 0.5) is 5.69 Å². The Bertz CT molecular complexity index is 957. The molecule has 0 saturated carbocycles. The van der Waals surface area contributed by atoms with Crippen LogP contribution in [0.3, 0.4) is 0 Å². The first-order valence-corrected chi connectivity index (χ1v) is 6.84. The maximum absolute atomic E-state index is 12.4. The average Bonchev–Trinajstić information content (AvgIpc) is 3.04. The number of nitrogens with one attached hydrogen (secondary N) is 2. The fourth-order valence-corrected chi connectivity index (χ4v) is 2.21. The van der Waals surface area contributed by atoms with E-state index < -0.39 is 11.9 Å². The molecule has 1 aromatic carbocycles. The molecule has 26 heavy (non-hydrogen) atoms. The van der Waals surface area contributed by atoms with Gasteiger partial charge in [-0.2, -0.15) is 0 Å². The molecule has 1 amide bonds. The van der Waals surface area contributed by atoms with E-state index in [4.69, 9.17) is 0 Å². The number of aromatic amines is 1. The van der Waals surface area contributed by atoms with Crippen molar-refractivity contribution in [3.8, 4) is 0 Å². The predicted octanol–water partition coefficient (Wildman–Crippen LogP) is -1.72. The molecule has 0 saturated heterocycles. The molecule has 0 spiro atoms. The van der Waals surface area contributed by atoms with Crippen LogP contribution < -0.4 is 56.7 Å². The van der Waals surface area contributed by atoms with E-state index >= 15 is 0 Å². The van der Waals surface area contributed by atoms with Gasteiger partial charge in [0.2, 0.25) is 0 Å². The molecule has 3 rings (SSSR count). The number of amides is 1. The van der Waals surface area contributed by atoms with Crippen molar-refractivity contribution in [1.82, 2.24) is 15.0 Å². The van der Waals surface area contributed by atoms with E-state index in [1.165, 1.54) is 25.7 Å². The molecule has 3 N–H and O–H groups in total. The van der Waals surface area contributed by atoms with E-state index in [-0.39, 0.29) is 73.7 Å². The van der Waals surface area contributed by atoms with Gasteiger partial charge in [-0.3, -0.25) is 14.8 Å². The SMILES string of the molecule is COC(=O)c1cccc(C(=O)Nc2c[nH]c3c([C-]=O)ncnc23)c1.[K+].[OH-]. The van der Waals surface area contributed by atoms with Gasteiger partial charge in [0, 0.05) is 23.6 Å². The van der Waals surface area contributed by atoms with Crippen LogP contribution in [0.2, 0.25) is 0 Å². The van der Waals surface area contributed by atoms with E-state index in [1.807, 2.05) is 0 Å². The number of fused-ring (bicyclic) bond motifs is 1. The number of nitrogens with zero attached hydrogens (tertiary/aromatic N) is 2. The Morgan fingerprint density at radius 1 is 1.23 bits per heavy atom. The fraction of sp³-hybridized carbons (Fsp3) is 0.0625. The van der Waals surface area contributed by atoms with Crippen LogP contribution in [0.5, 0.6) is 0 Å². The van der Waals surface area contributed by atoms with Crippen LogP contribution >= 0.6 is 0 Å². The van der Waals surface area contributed by atoms with E-state index in [0.717, 1.165) is 0 Å². The number of carbonyl (C=O) groups excluding carboxylic acids is 3. The molecule has 9 nitrogen and oxygen atoms in total. The van der Waals surface area contributed by atoms with Crippen LogP contribution in [-0.4, -0.2) is 45.7 Å². The standard InChI is InChI=1S/C16H11N4O4.K.H2O/c1-24-16(23)10-4-2-3-9(5-10)15(22)20-11-6-17-14-12(7-21)18-8-19-13(11)14;;/h2-6,8,17H,1H3,(H,20,22);;1H2/q-1;+1;/p-1. The van der Waals surface area contributed by atoms with Crippen molar-refractivity contribution < 1.29 is 76.0 Å². The van der Waals surface area contributed by atoms with Crippen LogP contribution in [0.1, 0.15) is 26.4 Å². The Kier molecular flexibility index (Phi) is 8.21. The van der Waals surface area contributed by atoms with Gasteiger partial charge < -0.3 is 25.3 Å². The number of carbonyl (C=O) groups is 2. The number of rotatable bonds is 4. The van der Waals surface area contributed by atoms with Crippen molar-refractivity contribution in [2.24, 2.45) is 0 Å². The summed E-state index contributed by atoms with van der Waals surface area (Å²) in [5.74, 6) is -0.965. The predicted molar refractivity (Wildman–Crippen MR) is 86.4 cm³/mol. The Balaban J connectivity index is 0.00000169. The summed E-state index contributed by atoms with van der Waals surface area (Å²) < 4.78 is 4.63. The summed E-state index contributed by atoms with van der Waals surface area (Å²) in [7, 11) is 1.27. The Morgan fingerprint density at radius 3 is 2.65 bits per heavy atom. The molecule has 0 atom stereocenters. The third kappa shape index (κ3) is 4.41. The van der Waals surface area contributed by atoms with Gasteiger partial charge in [-0.25, -0.2) is 4.79 Å². The Hall–Kier alpha value is -1.95. The molecule has 0 aliphatic heterocycles. The first kappa shape index (κ1) is 22.1. The van der Waals surface area contributed by atoms with E-state index in [2.05, 4.69) is 25.0 Å². The maximum Gasteiger partial charge on any atom is 1.00 e. The largest absolute Gasteiger partial charge is 1.00 e. The van der Waals surface area contributed by atoms with Crippen LogP contribution in [0, 0.1) is 0 Å². The summed E-state index contributed by atoms with van der Waals surface area (Å²) in [4.78, 5) is 45.4. The number of aromatic nitrogens is 3. The number of H-pyrrole nitrogens is 1. The van der Waals surface area contributed by atoms with Crippen molar-refractivity contribution in [2.75, 3.05) is 12.4 Å². The number of benzene rings is 1. The normalized spacial score (nSPS) is 9.58. The summed E-state index contributed by atoms with van der Waals surface area (Å²) in [5.41, 5.74) is 1.78. The second kappa shape index (κ2) is 9.66. The van der Waals surface area contributed by atoms with Crippen LogP contribution in [0.25, 0.3) is 11.0 Å². The minimum absolute atomic E-state index is 0. The molecule has 128 valence electrons. The molecule has 2 heterocycles. The van der Waals surface area contributed by atoms with E-state index in [0.29, 0.717) is 16.7 Å². The second-order valence-electron chi connectivity index (χ2n) is 4.78. The maximum atomic E-state index is 12.4.